The van der Waals surface area contributed by atoms with Crippen LogP contribution >= 0.6 is 0 Å². The highest BCUT2D eigenvalue weighted by molar-refractivity contribution is 6.02. The predicted octanol–water partition coefficient (Wildman–Crippen LogP) is 4.30. The van der Waals surface area contributed by atoms with Gasteiger partial charge in [-0.3, -0.25) is 5.01 Å². The molecular formula is C21H22N2O2. The van der Waals surface area contributed by atoms with Crippen molar-refractivity contribution >= 4 is 11.7 Å². The standard InChI is InChI=1S/C21H22N2O2/c1-3-25-21(24)14-16(2)23-20(18-12-8-5-9-13-18)15-19(22-23)17-10-6-4-7-11-17/h4-14,20H,3,15H2,1-2H3/b16-14+/t20-/m0/s1. The Labute approximate surface area is 148 Å². The molecule has 1 aliphatic rings. The normalized spacial score (nSPS) is 17.4. The third-order valence-corrected chi connectivity index (χ3v) is 4.18. The maximum Gasteiger partial charge on any atom is 0.332 e. The summed E-state index contributed by atoms with van der Waals surface area (Å²) in [5.74, 6) is -0.338. The molecule has 1 atom stereocenters. The fourth-order valence-corrected chi connectivity index (χ4v) is 3.00. The van der Waals surface area contributed by atoms with Crippen molar-refractivity contribution in [1.82, 2.24) is 5.01 Å². The van der Waals surface area contributed by atoms with Crippen molar-refractivity contribution in [3.05, 3.63) is 83.6 Å². The molecule has 0 fully saturated rings. The molecule has 1 heterocycles. The lowest BCUT2D eigenvalue weighted by molar-refractivity contribution is -0.137. The molecule has 0 aliphatic carbocycles. The van der Waals surface area contributed by atoms with Crippen LogP contribution in [0, 0.1) is 0 Å². The van der Waals surface area contributed by atoms with E-state index in [0.29, 0.717) is 6.61 Å². The van der Waals surface area contributed by atoms with Gasteiger partial charge in [0.15, 0.2) is 0 Å². The number of ether oxygens (including phenoxy) is 1. The summed E-state index contributed by atoms with van der Waals surface area (Å²) in [5, 5.41) is 6.73. The Balaban J connectivity index is 1.94. The van der Waals surface area contributed by atoms with Gasteiger partial charge in [-0.2, -0.15) is 5.10 Å². The van der Waals surface area contributed by atoms with Gasteiger partial charge in [0.25, 0.3) is 0 Å². The molecule has 128 valence electrons. The van der Waals surface area contributed by atoms with E-state index in [-0.39, 0.29) is 12.0 Å². The lowest BCUT2D eigenvalue weighted by Crippen LogP contribution is -2.18. The van der Waals surface area contributed by atoms with Crippen LogP contribution in [0.3, 0.4) is 0 Å². The molecule has 3 rings (SSSR count). The number of hydrazone groups is 1. The third kappa shape index (κ3) is 3.97. The van der Waals surface area contributed by atoms with Gasteiger partial charge in [-0.05, 0) is 25.0 Å². The molecule has 0 spiro atoms. The molecule has 0 radical (unpaired) electrons. The van der Waals surface area contributed by atoms with Crippen molar-refractivity contribution in [3.63, 3.8) is 0 Å². The molecule has 0 bridgehead atoms. The lowest BCUT2D eigenvalue weighted by Gasteiger charge is -2.24. The topological polar surface area (TPSA) is 41.9 Å². The van der Waals surface area contributed by atoms with Crippen LogP contribution in [0.1, 0.15) is 37.4 Å². The molecule has 1 aliphatic heterocycles. The highest BCUT2D eigenvalue weighted by Crippen LogP contribution is 2.35. The number of allylic oxidation sites excluding steroid dienone is 1. The van der Waals surface area contributed by atoms with E-state index >= 15 is 0 Å². The number of hydrogen-bond donors (Lipinski definition) is 0. The Kier molecular flexibility index (Phi) is 5.29. The maximum absolute atomic E-state index is 11.8. The van der Waals surface area contributed by atoms with Crippen LogP contribution in [-0.4, -0.2) is 23.3 Å². The van der Waals surface area contributed by atoms with Crippen molar-refractivity contribution in [3.8, 4) is 0 Å². The third-order valence-electron chi connectivity index (χ3n) is 4.18. The molecule has 4 nitrogen and oxygen atoms in total. The fraction of sp³-hybridized carbons (Fsp3) is 0.238. The van der Waals surface area contributed by atoms with Crippen molar-refractivity contribution in [2.24, 2.45) is 5.10 Å². The highest BCUT2D eigenvalue weighted by Gasteiger charge is 2.29. The second kappa shape index (κ2) is 7.79. The molecule has 0 aromatic heterocycles. The summed E-state index contributed by atoms with van der Waals surface area (Å²) in [7, 11) is 0. The van der Waals surface area contributed by atoms with Crippen LogP contribution in [-0.2, 0) is 9.53 Å². The minimum atomic E-state index is -0.338. The van der Waals surface area contributed by atoms with Crippen molar-refractivity contribution in [1.29, 1.82) is 0 Å². The van der Waals surface area contributed by atoms with E-state index in [4.69, 9.17) is 9.84 Å². The van der Waals surface area contributed by atoms with Gasteiger partial charge in [0.1, 0.15) is 0 Å². The van der Waals surface area contributed by atoms with Gasteiger partial charge >= 0.3 is 5.97 Å². The second-order valence-corrected chi connectivity index (χ2v) is 5.93. The summed E-state index contributed by atoms with van der Waals surface area (Å²) in [4.78, 5) is 11.8. The Morgan fingerprint density at radius 1 is 1.16 bits per heavy atom. The van der Waals surface area contributed by atoms with E-state index in [2.05, 4.69) is 24.3 Å². The van der Waals surface area contributed by atoms with Crippen molar-refractivity contribution < 1.29 is 9.53 Å². The molecule has 4 heteroatoms. The van der Waals surface area contributed by atoms with E-state index in [1.807, 2.05) is 48.3 Å². The second-order valence-electron chi connectivity index (χ2n) is 5.93. The summed E-state index contributed by atoms with van der Waals surface area (Å²) in [6.07, 6.45) is 2.30. The number of benzene rings is 2. The number of rotatable bonds is 5. The van der Waals surface area contributed by atoms with E-state index in [9.17, 15) is 4.79 Å². The molecule has 0 saturated heterocycles. The average molecular weight is 334 g/mol. The number of hydrogen-bond acceptors (Lipinski definition) is 4. The van der Waals surface area contributed by atoms with E-state index in [1.54, 1.807) is 6.92 Å². The number of carbonyl (C=O) groups is 1. The molecule has 2 aromatic rings. The highest BCUT2D eigenvalue weighted by atomic mass is 16.5. The zero-order valence-electron chi connectivity index (χ0n) is 14.6. The molecule has 0 N–H and O–H groups in total. The summed E-state index contributed by atoms with van der Waals surface area (Å²) < 4.78 is 5.03. The summed E-state index contributed by atoms with van der Waals surface area (Å²) >= 11 is 0. The SMILES string of the molecule is CCOC(=O)/C=C(\C)N1N=C(c2ccccc2)C[C@H]1c1ccccc1. The molecule has 0 unspecified atom stereocenters. The summed E-state index contributed by atoms with van der Waals surface area (Å²) in [6.45, 7) is 4.06. The van der Waals surface area contributed by atoms with Gasteiger partial charge < -0.3 is 4.74 Å². The van der Waals surface area contributed by atoms with Gasteiger partial charge in [0.05, 0.1) is 18.4 Å². The van der Waals surface area contributed by atoms with Crippen LogP contribution in [0.5, 0.6) is 0 Å². The van der Waals surface area contributed by atoms with Crippen LogP contribution in [0.4, 0.5) is 0 Å². The first-order valence-corrected chi connectivity index (χ1v) is 8.51. The number of esters is 1. The zero-order valence-corrected chi connectivity index (χ0v) is 14.6. The Hall–Kier alpha value is -2.88. The minimum absolute atomic E-state index is 0.0714. The fourth-order valence-electron chi connectivity index (χ4n) is 3.00. The molecular weight excluding hydrogens is 312 g/mol. The van der Waals surface area contributed by atoms with Crippen LogP contribution in [0.15, 0.2) is 77.5 Å². The van der Waals surface area contributed by atoms with Crippen molar-refractivity contribution in [2.75, 3.05) is 6.61 Å². The van der Waals surface area contributed by atoms with Crippen LogP contribution in [0.2, 0.25) is 0 Å². The quantitative estimate of drug-likeness (QED) is 0.604. The largest absolute Gasteiger partial charge is 0.463 e. The van der Waals surface area contributed by atoms with Gasteiger partial charge in [-0.15, -0.1) is 0 Å². The first kappa shape index (κ1) is 17.0. The van der Waals surface area contributed by atoms with E-state index < -0.39 is 0 Å². The van der Waals surface area contributed by atoms with Crippen molar-refractivity contribution in [2.45, 2.75) is 26.3 Å². The first-order valence-electron chi connectivity index (χ1n) is 8.51. The maximum atomic E-state index is 11.8. The molecule has 2 aromatic carbocycles. The van der Waals surface area contributed by atoms with Crippen LogP contribution < -0.4 is 0 Å². The lowest BCUT2D eigenvalue weighted by atomic mass is 9.98. The van der Waals surface area contributed by atoms with Gasteiger partial charge in [0, 0.05) is 18.2 Å². The summed E-state index contributed by atoms with van der Waals surface area (Å²) in [6, 6.07) is 20.5. The van der Waals surface area contributed by atoms with Gasteiger partial charge in [-0.1, -0.05) is 60.7 Å². The molecule has 0 saturated carbocycles. The zero-order chi connectivity index (χ0) is 17.6. The Morgan fingerprint density at radius 3 is 2.44 bits per heavy atom. The van der Waals surface area contributed by atoms with E-state index in [1.165, 1.54) is 11.6 Å². The molecule has 0 amide bonds. The first-order chi connectivity index (χ1) is 12.2. The molecule has 25 heavy (non-hydrogen) atoms. The average Bonchev–Trinajstić information content (AvgIpc) is 3.09. The minimum Gasteiger partial charge on any atom is -0.463 e. The summed E-state index contributed by atoms with van der Waals surface area (Å²) in [5.41, 5.74) is 4.08. The van der Waals surface area contributed by atoms with E-state index in [0.717, 1.165) is 23.4 Å². The van der Waals surface area contributed by atoms with Crippen LogP contribution in [0.25, 0.3) is 0 Å². The van der Waals surface area contributed by atoms with Gasteiger partial charge in [-0.25, -0.2) is 4.79 Å². The number of carbonyl (C=O) groups excluding carboxylic acids is 1. The predicted molar refractivity (Wildman–Crippen MR) is 99.0 cm³/mol. The smallest absolute Gasteiger partial charge is 0.332 e. The monoisotopic (exact) mass is 334 g/mol. The van der Waals surface area contributed by atoms with Gasteiger partial charge in [0.2, 0.25) is 0 Å². The Bertz CT molecular complexity index is 782. The Morgan fingerprint density at radius 2 is 1.80 bits per heavy atom. The number of nitrogens with zero attached hydrogens (tertiary/aromatic N) is 2.